The van der Waals surface area contributed by atoms with Gasteiger partial charge in [0.1, 0.15) is 5.69 Å². The van der Waals surface area contributed by atoms with E-state index in [1.807, 2.05) is 13.0 Å². The topological polar surface area (TPSA) is 76.4 Å². The van der Waals surface area contributed by atoms with Gasteiger partial charge < -0.3 is 0 Å². The van der Waals surface area contributed by atoms with E-state index < -0.39 is 10.0 Å². The molecule has 3 rings (SSSR count). The zero-order valence-electron chi connectivity index (χ0n) is 11.6. The van der Waals surface area contributed by atoms with E-state index in [0.29, 0.717) is 11.3 Å². The van der Waals surface area contributed by atoms with Crippen LogP contribution in [0.4, 0.5) is 5.69 Å². The number of hydrogen-bond acceptors (Lipinski definition) is 4. The van der Waals surface area contributed by atoms with Crippen molar-refractivity contribution in [1.82, 2.24) is 14.6 Å². The predicted molar refractivity (Wildman–Crippen MR) is 79.7 cm³/mol. The van der Waals surface area contributed by atoms with Crippen LogP contribution in [0.25, 0.3) is 5.65 Å². The Hall–Kier alpha value is -2.41. The third-order valence-electron chi connectivity index (χ3n) is 3.37. The second-order valence-electron chi connectivity index (χ2n) is 4.75. The average molecular weight is 302 g/mol. The van der Waals surface area contributed by atoms with E-state index in [1.54, 1.807) is 37.5 Å². The van der Waals surface area contributed by atoms with Crippen molar-refractivity contribution in [3.05, 3.63) is 54.0 Å². The van der Waals surface area contributed by atoms with Crippen molar-refractivity contribution >= 4 is 21.4 Å². The molecule has 7 heteroatoms. The molecule has 0 saturated carbocycles. The molecule has 0 atom stereocenters. The van der Waals surface area contributed by atoms with Crippen LogP contribution >= 0.6 is 0 Å². The Morgan fingerprint density at radius 1 is 1.19 bits per heavy atom. The summed E-state index contributed by atoms with van der Waals surface area (Å²) in [7, 11) is -3.67. The summed E-state index contributed by atoms with van der Waals surface area (Å²) in [5, 5.41) is 4.06. The van der Waals surface area contributed by atoms with Gasteiger partial charge in [0.05, 0.1) is 11.1 Å². The average Bonchev–Trinajstić information content (AvgIpc) is 2.84. The molecule has 0 radical (unpaired) electrons. The van der Waals surface area contributed by atoms with Crippen molar-refractivity contribution in [2.75, 3.05) is 4.72 Å². The Kier molecular flexibility index (Phi) is 3.13. The summed E-state index contributed by atoms with van der Waals surface area (Å²) in [5.74, 6) is 0. The van der Waals surface area contributed by atoms with Crippen LogP contribution in [-0.4, -0.2) is 23.0 Å². The fraction of sp³-hybridized carbons (Fsp3) is 0.143. The maximum atomic E-state index is 12.5. The first kappa shape index (κ1) is 13.6. The van der Waals surface area contributed by atoms with Crippen LogP contribution in [0.2, 0.25) is 0 Å². The molecular formula is C14H14N4O2S. The molecule has 1 aromatic carbocycles. The number of aryl methyl sites for hydroxylation is 1. The van der Waals surface area contributed by atoms with Gasteiger partial charge >= 0.3 is 0 Å². The van der Waals surface area contributed by atoms with Gasteiger partial charge in [0, 0.05) is 12.4 Å². The minimum absolute atomic E-state index is 0.262. The van der Waals surface area contributed by atoms with Crippen molar-refractivity contribution in [2.45, 2.75) is 18.7 Å². The molecule has 6 nitrogen and oxygen atoms in total. The van der Waals surface area contributed by atoms with Crippen LogP contribution in [0.5, 0.6) is 0 Å². The lowest BCUT2D eigenvalue weighted by atomic mass is 10.1. The molecule has 0 saturated heterocycles. The van der Waals surface area contributed by atoms with Gasteiger partial charge in [-0.25, -0.2) is 17.9 Å². The van der Waals surface area contributed by atoms with Gasteiger partial charge in [-0.2, -0.15) is 5.10 Å². The van der Waals surface area contributed by atoms with E-state index >= 15 is 0 Å². The van der Waals surface area contributed by atoms with Gasteiger partial charge in [0.15, 0.2) is 5.65 Å². The Morgan fingerprint density at radius 3 is 2.81 bits per heavy atom. The molecule has 0 unspecified atom stereocenters. The fourth-order valence-corrected chi connectivity index (χ4v) is 3.48. The monoisotopic (exact) mass is 302 g/mol. The molecule has 0 amide bonds. The minimum atomic E-state index is -3.67. The number of nitrogens with one attached hydrogen (secondary N) is 1. The highest BCUT2D eigenvalue weighted by molar-refractivity contribution is 7.92. The molecule has 0 spiro atoms. The maximum absolute atomic E-state index is 12.5. The second-order valence-corrected chi connectivity index (χ2v) is 6.40. The molecule has 108 valence electrons. The van der Waals surface area contributed by atoms with Crippen LogP contribution in [-0.2, 0) is 10.0 Å². The van der Waals surface area contributed by atoms with Crippen LogP contribution in [0, 0.1) is 13.8 Å². The van der Waals surface area contributed by atoms with Gasteiger partial charge in [-0.3, -0.25) is 4.72 Å². The molecule has 0 aliphatic heterocycles. The number of rotatable bonds is 3. The van der Waals surface area contributed by atoms with Crippen molar-refractivity contribution in [3.63, 3.8) is 0 Å². The maximum Gasteiger partial charge on any atom is 0.262 e. The van der Waals surface area contributed by atoms with Gasteiger partial charge in [-0.1, -0.05) is 12.1 Å². The number of aromatic nitrogens is 3. The Labute approximate surface area is 122 Å². The number of fused-ring (bicyclic) bond motifs is 1. The number of benzene rings is 1. The van der Waals surface area contributed by atoms with Crippen molar-refractivity contribution < 1.29 is 8.42 Å². The zero-order chi connectivity index (χ0) is 15.0. The lowest BCUT2D eigenvalue weighted by Gasteiger charge is -2.10. The Morgan fingerprint density at radius 2 is 2.00 bits per heavy atom. The van der Waals surface area contributed by atoms with Crippen LogP contribution in [0.15, 0.2) is 47.8 Å². The molecule has 21 heavy (non-hydrogen) atoms. The molecule has 0 aliphatic carbocycles. The molecule has 0 aliphatic rings. The lowest BCUT2D eigenvalue weighted by molar-refractivity contribution is 0.600. The third-order valence-corrected chi connectivity index (χ3v) is 4.88. The number of hydrogen-bond donors (Lipinski definition) is 1. The Bertz CT molecular complexity index is 916. The van der Waals surface area contributed by atoms with Crippen LogP contribution < -0.4 is 4.72 Å². The highest BCUT2D eigenvalue weighted by Gasteiger charge is 2.19. The van der Waals surface area contributed by atoms with Gasteiger partial charge in [0.25, 0.3) is 10.0 Å². The van der Waals surface area contributed by atoms with E-state index in [1.165, 1.54) is 10.7 Å². The van der Waals surface area contributed by atoms with E-state index in [4.69, 9.17) is 0 Å². The highest BCUT2D eigenvalue weighted by Crippen LogP contribution is 2.23. The first-order valence-corrected chi connectivity index (χ1v) is 7.85. The summed E-state index contributed by atoms with van der Waals surface area (Å²) in [4.78, 5) is 4.39. The standard InChI is InChI=1S/C14H14N4O2S/c1-10-5-3-6-13(11(10)2)21(19,20)17-12-9-16-18-8-4-7-15-14(12)18/h3-9,17H,1-2H3. The fourth-order valence-electron chi connectivity index (χ4n) is 2.11. The predicted octanol–water partition coefficient (Wildman–Crippen LogP) is 2.15. The van der Waals surface area contributed by atoms with Gasteiger partial charge in [0.2, 0.25) is 0 Å². The molecular weight excluding hydrogens is 288 g/mol. The first-order chi connectivity index (χ1) is 9.99. The third kappa shape index (κ3) is 2.36. The Balaban J connectivity index is 2.06. The molecule has 1 N–H and O–H groups in total. The molecule has 2 aromatic heterocycles. The smallest absolute Gasteiger partial charge is 0.262 e. The summed E-state index contributed by atoms with van der Waals surface area (Å²) in [6.45, 7) is 3.67. The van der Waals surface area contributed by atoms with E-state index in [-0.39, 0.29) is 4.90 Å². The van der Waals surface area contributed by atoms with Crippen molar-refractivity contribution in [1.29, 1.82) is 0 Å². The van der Waals surface area contributed by atoms with Gasteiger partial charge in [-0.05, 0) is 37.1 Å². The zero-order valence-corrected chi connectivity index (χ0v) is 12.4. The van der Waals surface area contributed by atoms with E-state index in [2.05, 4.69) is 14.8 Å². The highest BCUT2D eigenvalue weighted by atomic mass is 32.2. The van der Waals surface area contributed by atoms with Crippen LogP contribution in [0.3, 0.4) is 0 Å². The summed E-state index contributed by atoms with van der Waals surface area (Å²) in [6.07, 6.45) is 4.75. The summed E-state index contributed by atoms with van der Waals surface area (Å²) in [6, 6.07) is 6.92. The molecule has 0 bridgehead atoms. The van der Waals surface area contributed by atoms with Crippen molar-refractivity contribution in [3.8, 4) is 0 Å². The number of anilines is 1. The molecule has 3 aromatic rings. The SMILES string of the molecule is Cc1cccc(S(=O)(=O)Nc2cnn3cccnc23)c1C. The second kappa shape index (κ2) is 4.85. The summed E-state index contributed by atoms with van der Waals surface area (Å²) in [5.41, 5.74) is 2.48. The molecule has 2 heterocycles. The van der Waals surface area contributed by atoms with Crippen LogP contribution in [0.1, 0.15) is 11.1 Å². The van der Waals surface area contributed by atoms with Gasteiger partial charge in [-0.15, -0.1) is 0 Å². The van der Waals surface area contributed by atoms with E-state index in [9.17, 15) is 8.42 Å². The minimum Gasteiger partial charge on any atom is -0.274 e. The van der Waals surface area contributed by atoms with E-state index in [0.717, 1.165) is 11.1 Å². The molecule has 0 fully saturated rings. The summed E-state index contributed by atoms with van der Waals surface area (Å²) < 4.78 is 29.1. The lowest BCUT2D eigenvalue weighted by Crippen LogP contribution is -2.14. The summed E-state index contributed by atoms with van der Waals surface area (Å²) >= 11 is 0. The number of nitrogens with zero attached hydrogens (tertiary/aromatic N) is 3. The largest absolute Gasteiger partial charge is 0.274 e. The van der Waals surface area contributed by atoms with Crippen molar-refractivity contribution in [2.24, 2.45) is 0 Å². The number of sulfonamides is 1. The quantitative estimate of drug-likeness (QED) is 0.804. The normalized spacial score (nSPS) is 11.7. The first-order valence-electron chi connectivity index (χ1n) is 6.36.